The van der Waals surface area contributed by atoms with Crippen LogP contribution in [0, 0.1) is 0 Å². The molecule has 70 valence electrons. The first-order valence-electron chi connectivity index (χ1n) is 3.20. The third kappa shape index (κ3) is 41.8. The van der Waals surface area contributed by atoms with Crippen LogP contribution in [0.2, 0.25) is 0 Å². The van der Waals surface area contributed by atoms with E-state index < -0.39 is 12.8 Å². The van der Waals surface area contributed by atoms with Gasteiger partial charge in [0.2, 0.25) is 0 Å². The van der Waals surface area contributed by atoms with Crippen molar-refractivity contribution in [3.8, 4) is 0 Å². The maximum atomic E-state index is 10.5. The zero-order valence-corrected chi connectivity index (χ0v) is 12.3. The normalized spacial score (nSPS) is 8.77. The zero-order valence-electron chi connectivity index (χ0n) is 8.28. The summed E-state index contributed by atoms with van der Waals surface area (Å²) in [6, 6.07) is 0. The molecule has 0 aliphatic rings. The van der Waals surface area contributed by atoms with E-state index in [9.17, 15) is 18.3 Å². The van der Waals surface area contributed by atoms with Gasteiger partial charge in [-0.05, 0) is 6.61 Å². The maximum absolute atomic E-state index is 10.5. The smallest absolute Gasteiger partial charge is 0.854 e. The number of hydrogen-bond acceptors (Lipinski definition) is 2. The van der Waals surface area contributed by atoms with Crippen LogP contribution in [0.3, 0.4) is 0 Å². The molecule has 13 heavy (non-hydrogen) atoms. The molecule has 0 saturated carbocycles. The number of hydrogen-bond donors (Lipinski definition) is 0. The summed E-state index contributed by atoms with van der Waals surface area (Å²) >= 11 is 0. The average molecular weight is 218 g/mol. The standard InChI is InChI=1S/C4H9O.C2H2F3O.2Na/c1-2-3-4-5;3-2(4,5)1-6;;/h2-4H2,1H3;1H2;;/q2*-1;2*+1. The molecule has 7 heteroatoms. The summed E-state index contributed by atoms with van der Waals surface area (Å²) in [5.74, 6) is 0. The van der Waals surface area contributed by atoms with Crippen molar-refractivity contribution in [3.05, 3.63) is 0 Å². The van der Waals surface area contributed by atoms with Crippen LogP contribution < -0.4 is 69.3 Å². The van der Waals surface area contributed by atoms with E-state index in [1.807, 2.05) is 6.92 Å². The third-order valence-electron chi connectivity index (χ3n) is 0.662. The van der Waals surface area contributed by atoms with Crippen molar-refractivity contribution in [1.29, 1.82) is 0 Å². The Morgan fingerprint density at radius 1 is 1.08 bits per heavy atom. The molecule has 0 rings (SSSR count). The van der Waals surface area contributed by atoms with Gasteiger partial charge < -0.3 is 10.2 Å². The van der Waals surface area contributed by atoms with Gasteiger partial charge in [-0.15, -0.1) is 6.61 Å². The summed E-state index contributed by atoms with van der Waals surface area (Å²) < 4.78 is 31.4. The fraction of sp³-hybridized carbons (Fsp3) is 1.00. The number of unbranched alkanes of at least 4 members (excludes halogenated alkanes) is 1. The molecule has 2 nitrogen and oxygen atoms in total. The molecule has 0 unspecified atom stereocenters. The fourth-order valence-electron chi connectivity index (χ4n) is 0.144. The molecule has 0 saturated heterocycles. The zero-order chi connectivity index (χ0) is 9.33. The second-order valence-corrected chi connectivity index (χ2v) is 1.82. The molecule has 0 amide bonds. The van der Waals surface area contributed by atoms with Crippen molar-refractivity contribution in [2.45, 2.75) is 25.9 Å². The van der Waals surface area contributed by atoms with E-state index in [0.29, 0.717) is 0 Å². The Morgan fingerprint density at radius 2 is 1.38 bits per heavy atom. The largest absolute Gasteiger partial charge is 1.00 e. The quantitative estimate of drug-likeness (QED) is 0.433. The van der Waals surface area contributed by atoms with Gasteiger partial charge in [-0.2, -0.15) is 13.2 Å². The predicted octanol–water partition coefficient (Wildman–Crippen LogP) is -5.94. The van der Waals surface area contributed by atoms with Gasteiger partial charge in [0.15, 0.2) is 0 Å². The first kappa shape index (κ1) is 24.1. The van der Waals surface area contributed by atoms with Crippen LogP contribution in [0.15, 0.2) is 0 Å². The molecule has 0 spiro atoms. The molecule has 0 aromatic carbocycles. The number of halogens is 3. The predicted molar refractivity (Wildman–Crippen MR) is 30.7 cm³/mol. The minimum atomic E-state index is -4.51. The molecule has 0 heterocycles. The Bertz CT molecular complexity index is 78.8. The monoisotopic (exact) mass is 218 g/mol. The van der Waals surface area contributed by atoms with Crippen LogP contribution in [0.1, 0.15) is 19.8 Å². The molecule has 0 aromatic rings. The van der Waals surface area contributed by atoms with Gasteiger partial charge in [0.1, 0.15) is 0 Å². The van der Waals surface area contributed by atoms with Crippen LogP contribution in [-0.4, -0.2) is 19.4 Å². The Labute approximate surface area is 120 Å². The van der Waals surface area contributed by atoms with Crippen LogP contribution >= 0.6 is 0 Å². The van der Waals surface area contributed by atoms with E-state index in [2.05, 4.69) is 0 Å². The molecule has 0 radical (unpaired) electrons. The number of rotatable bonds is 2. The minimum absolute atomic E-state index is 0. The Morgan fingerprint density at radius 3 is 1.38 bits per heavy atom. The van der Waals surface area contributed by atoms with Crippen LogP contribution in [0.5, 0.6) is 0 Å². The third-order valence-corrected chi connectivity index (χ3v) is 0.662. The van der Waals surface area contributed by atoms with E-state index in [1.165, 1.54) is 0 Å². The summed E-state index contributed by atoms with van der Waals surface area (Å²) in [6.07, 6.45) is -2.65. The molecular weight excluding hydrogens is 207 g/mol. The summed E-state index contributed by atoms with van der Waals surface area (Å²) in [4.78, 5) is 0. The van der Waals surface area contributed by atoms with E-state index in [1.54, 1.807) is 0 Å². The van der Waals surface area contributed by atoms with Crippen LogP contribution in [0.25, 0.3) is 0 Å². The second kappa shape index (κ2) is 16.2. The Hall–Kier alpha value is 1.71. The first-order chi connectivity index (χ1) is 4.97. The van der Waals surface area contributed by atoms with E-state index in [-0.39, 0.29) is 65.7 Å². The van der Waals surface area contributed by atoms with Gasteiger partial charge in [-0.1, -0.05) is 19.8 Å². The molecule has 0 aliphatic carbocycles. The molecular formula is C6H11F3Na2O2. The van der Waals surface area contributed by atoms with E-state index in [4.69, 9.17) is 5.11 Å². The maximum Gasteiger partial charge on any atom is 1.00 e. The topological polar surface area (TPSA) is 46.1 Å². The molecule has 0 aliphatic heterocycles. The summed E-state index contributed by atoms with van der Waals surface area (Å²) in [6.45, 7) is 0.126. The first-order valence-corrected chi connectivity index (χ1v) is 3.20. The summed E-state index contributed by atoms with van der Waals surface area (Å²) in [5, 5.41) is 18.4. The van der Waals surface area contributed by atoms with Gasteiger partial charge >= 0.3 is 65.3 Å². The minimum Gasteiger partial charge on any atom is -0.854 e. The molecule has 0 atom stereocenters. The molecule has 0 fully saturated rings. The van der Waals surface area contributed by atoms with Gasteiger partial charge in [-0.25, -0.2) is 0 Å². The Balaban J connectivity index is -0.0000000546. The average Bonchev–Trinajstić information content (AvgIpc) is 1.90. The van der Waals surface area contributed by atoms with Crippen molar-refractivity contribution < 1.29 is 82.5 Å². The van der Waals surface area contributed by atoms with Crippen molar-refractivity contribution >= 4 is 0 Å². The van der Waals surface area contributed by atoms with E-state index in [0.717, 1.165) is 12.8 Å². The fourth-order valence-corrected chi connectivity index (χ4v) is 0.144. The molecule has 0 N–H and O–H groups in total. The Kier molecular flexibility index (Phi) is 29.9. The van der Waals surface area contributed by atoms with Crippen molar-refractivity contribution in [1.82, 2.24) is 0 Å². The van der Waals surface area contributed by atoms with Crippen molar-refractivity contribution in [2.24, 2.45) is 0 Å². The van der Waals surface area contributed by atoms with Crippen molar-refractivity contribution in [3.63, 3.8) is 0 Å². The van der Waals surface area contributed by atoms with Gasteiger partial charge in [0, 0.05) is 0 Å². The van der Waals surface area contributed by atoms with Crippen molar-refractivity contribution in [2.75, 3.05) is 13.2 Å². The van der Waals surface area contributed by atoms with Crippen LogP contribution in [-0.2, 0) is 0 Å². The van der Waals surface area contributed by atoms with Gasteiger partial charge in [0.05, 0.1) is 0 Å². The van der Waals surface area contributed by atoms with Gasteiger partial charge in [-0.3, -0.25) is 0 Å². The van der Waals surface area contributed by atoms with E-state index >= 15 is 0 Å². The summed E-state index contributed by atoms with van der Waals surface area (Å²) in [7, 11) is 0. The SMILES string of the molecule is CCCC[O-].[Na+].[Na+].[O-]CC(F)(F)F. The molecule has 0 bridgehead atoms. The molecule has 0 aromatic heterocycles. The van der Waals surface area contributed by atoms with Crippen LogP contribution in [0.4, 0.5) is 13.2 Å². The second-order valence-electron chi connectivity index (χ2n) is 1.82. The van der Waals surface area contributed by atoms with Gasteiger partial charge in [0.25, 0.3) is 0 Å². The number of alkyl halides is 3. The summed E-state index contributed by atoms with van der Waals surface area (Å²) in [5.41, 5.74) is 0.